The molecule has 0 amide bonds. The number of fused-ring (bicyclic) bond motifs is 1. The van der Waals surface area contributed by atoms with E-state index in [1.54, 1.807) is 0 Å². The van der Waals surface area contributed by atoms with E-state index in [0.29, 0.717) is 5.69 Å². The second-order valence-electron chi connectivity index (χ2n) is 3.76. The molecule has 2 aromatic rings. The van der Waals surface area contributed by atoms with Crippen LogP contribution in [-0.2, 0) is 0 Å². The summed E-state index contributed by atoms with van der Waals surface area (Å²) >= 11 is 0. The predicted octanol–water partition coefficient (Wildman–Crippen LogP) is 2.16. The van der Waals surface area contributed by atoms with Crippen LogP contribution in [0.3, 0.4) is 0 Å². The molecule has 0 saturated heterocycles. The summed E-state index contributed by atoms with van der Waals surface area (Å²) in [6, 6.07) is 7.74. The number of benzene rings is 1. The maximum absolute atomic E-state index is 11.8. The molecule has 0 aliphatic heterocycles. The monoisotopic (exact) mass is 186 g/mol. The van der Waals surface area contributed by atoms with Crippen molar-refractivity contribution >= 4 is 16.7 Å². The Balaban J connectivity index is 2.16. The fourth-order valence-electron chi connectivity index (χ4n) is 1.69. The Morgan fingerprint density at radius 2 is 2.14 bits per heavy atom. The first-order valence-electron chi connectivity index (χ1n) is 4.83. The Kier molecular flexibility index (Phi) is 1.48. The summed E-state index contributed by atoms with van der Waals surface area (Å²) in [5.41, 5.74) is 1.56. The van der Waals surface area contributed by atoms with E-state index in [2.05, 4.69) is 10.2 Å². The maximum Gasteiger partial charge on any atom is 0.186 e. The first kappa shape index (κ1) is 7.74. The van der Waals surface area contributed by atoms with Crippen LogP contribution in [-0.4, -0.2) is 16.0 Å². The van der Waals surface area contributed by atoms with Crippen LogP contribution in [0.1, 0.15) is 23.3 Å². The molecule has 1 heterocycles. The quantitative estimate of drug-likeness (QED) is 0.730. The molecule has 0 bridgehead atoms. The van der Waals surface area contributed by atoms with E-state index in [1.807, 2.05) is 24.3 Å². The summed E-state index contributed by atoms with van der Waals surface area (Å²) in [5.74, 6) is 0.434. The van der Waals surface area contributed by atoms with Crippen LogP contribution in [0.15, 0.2) is 24.3 Å². The molecule has 1 saturated carbocycles. The van der Waals surface area contributed by atoms with Gasteiger partial charge in [0.25, 0.3) is 0 Å². The fraction of sp³-hybridized carbons (Fsp3) is 0.273. The predicted molar refractivity (Wildman–Crippen MR) is 53.1 cm³/mol. The molecule has 1 aromatic carbocycles. The van der Waals surface area contributed by atoms with E-state index >= 15 is 0 Å². The van der Waals surface area contributed by atoms with Gasteiger partial charge in [-0.3, -0.25) is 9.89 Å². The van der Waals surface area contributed by atoms with E-state index in [0.717, 1.165) is 23.7 Å². The molecule has 1 aliphatic carbocycles. The van der Waals surface area contributed by atoms with E-state index in [4.69, 9.17) is 0 Å². The highest BCUT2D eigenvalue weighted by Gasteiger charge is 2.32. The van der Waals surface area contributed by atoms with Crippen molar-refractivity contribution in [3.8, 4) is 0 Å². The highest BCUT2D eigenvalue weighted by atomic mass is 16.1. The van der Waals surface area contributed by atoms with Crippen molar-refractivity contribution in [2.24, 2.45) is 5.92 Å². The number of Topliss-reactive ketones (excluding diaryl/α,β-unsaturated/α-hetero) is 1. The number of H-pyrrole nitrogens is 1. The zero-order chi connectivity index (χ0) is 9.54. The number of rotatable bonds is 2. The van der Waals surface area contributed by atoms with E-state index in [1.165, 1.54) is 0 Å². The molecule has 0 radical (unpaired) electrons. The van der Waals surface area contributed by atoms with Crippen LogP contribution in [0.25, 0.3) is 10.9 Å². The van der Waals surface area contributed by atoms with Crippen LogP contribution in [0.5, 0.6) is 0 Å². The number of hydrogen-bond acceptors (Lipinski definition) is 2. The second kappa shape index (κ2) is 2.67. The summed E-state index contributed by atoms with van der Waals surface area (Å²) in [6.45, 7) is 0. The lowest BCUT2D eigenvalue weighted by molar-refractivity contribution is 0.0964. The third-order valence-corrected chi connectivity index (χ3v) is 2.65. The Bertz CT molecular complexity index is 497. The Labute approximate surface area is 81.1 Å². The molecule has 3 rings (SSSR count). The fourth-order valence-corrected chi connectivity index (χ4v) is 1.69. The molecular formula is C11H10N2O. The highest BCUT2D eigenvalue weighted by Crippen LogP contribution is 2.33. The number of carbonyl (C=O) groups excluding carboxylic acids is 1. The normalized spacial score (nSPS) is 16.0. The minimum atomic E-state index is 0.197. The molecule has 1 N–H and O–H groups in total. The molecule has 1 aliphatic rings. The minimum Gasteiger partial charge on any atom is -0.292 e. The Hall–Kier alpha value is -1.64. The first-order valence-corrected chi connectivity index (χ1v) is 4.83. The van der Waals surface area contributed by atoms with E-state index < -0.39 is 0 Å². The number of nitrogens with one attached hydrogen (secondary N) is 1. The summed E-state index contributed by atoms with van der Waals surface area (Å²) in [7, 11) is 0. The summed E-state index contributed by atoms with van der Waals surface area (Å²) in [6.07, 6.45) is 2.06. The number of para-hydroxylation sites is 1. The number of aromatic nitrogens is 2. The zero-order valence-electron chi connectivity index (χ0n) is 7.66. The van der Waals surface area contributed by atoms with Gasteiger partial charge in [-0.05, 0) is 18.9 Å². The topological polar surface area (TPSA) is 45.8 Å². The lowest BCUT2D eigenvalue weighted by Crippen LogP contribution is -2.01. The molecule has 3 heteroatoms. The van der Waals surface area contributed by atoms with Crippen molar-refractivity contribution < 1.29 is 4.79 Å². The molecule has 0 spiro atoms. The standard InChI is InChI=1S/C11H10N2O/c14-11(7-5-6-7)10-8-3-1-2-4-9(8)12-13-10/h1-4,7H,5-6H2,(H,12,13). The number of carbonyl (C=O) groups is 1. The van der Waals surface area contributed by atoms with Crippen LogP contribution >= 0.6 is 0 Å². The average molecular weight is 186 g/mol. The smallest absolute Gasteiger partial charge is 0.186 e. The van der Waals surface area contributed by atoms with Gasteiger partial charge >= 0.3 is 0 Å². The molecule has 0 unspecified atom stereocenters. The summed E-state index contributed by atoms with van der Waals surface area (Å²) < 4.78 is 0. The van der Waals surface area contributed by atoms with E-state index in [-0.39, 0.29) is 11.7 Å². The lowest BCUT2D eigenvalue weighted by atomic mass is 10.1. The van der Waals surface area contributed by atoms with Gasteiger partial charge in [-0.2, -0.15) is 5.10 Å². The SMILES string of the molecule is O=C(c1n[nH]c2ccccc12)C1CC1. The summed E-state index contributed by atoms with van der Waals surface area (Å²) in [4.78, 5) is 11.8. The van der Waals surface area contributed by atoms with Crippen LogP contribution in [0.4, 0.5) is 0 Å². The maximum atomic E-state index is 11.8. The number of aromatic amines is 1. The third-order valence-electron chi connectivity index (χ3n) is 2.65. The Morgan fingerprint density at radius 1 is 1.36 bits per heavy atom. The number of ketones is 1. The minimum absolute atomic E-state index is 0.197. The van der Waals surface area contributed by atoms with Gasteiger partial charge in [-0.1, -0.05) is 18.2 Å². The van der Waals surface area contributed by atoms with Gasteiger partial charge in [0, 0.05) is 11.3 Å². The van der Waals surface area contributed by atoms with Gasteiger partial charge in [0.05, 0.1) is 5.52 Å². The lowest BCUT2D eigenvalue weighted by Gasteiger charge is -1.92. The van der Waals surface area contributed by atoms with Crippen molar-refractivity contribution in [2.75, 3.05) is 0 Å². The molecule has 70 valence electrons. The van der Waals surface area contributed by atoms with Crippen molar-refractivity contribution in [3.63, 3.8) is 0 Å². The Morgan fingerprint density at radius 3 is 2.93 bits per heavy atom. The number of hydrogen-bond donors (Lipinski definition) is 1. The van der Waals surface area contributed by atoms with Crippen molar-refractivity contribution in [1.29, 1.82) is 0 Å². The zero-order valence-corrected chi connectivity index (χ0v) is 7.66. The van der Waals surface area contributed by atoms with Crippen LogP contribution in [0, 0.1) is 5.92 Å². The number of nitrogens with zero attached hydrogens (tertiary/aromatic N) is 1. The van der Waals surface area contributed by atoms with E-state index in [9.17, 15) is 4.79 Å². The van der Waals surface area contributed by atoms with Gasteiger partial charge < -0.3 is 0 Å². The van der Waals surface area contributed by atoms with Gasteiger partial charge in [0.15, 0.2) is 5.78 Å². The largest absolute Gasteiger partial charge is 0.292 e. The van der Waals surface area contributed by atoms with Crippen molar-refractivity contribution in [2.45, 2.75) is 12.8 Å². The van der Waals surface area contributed by atoms with Gasteiger partial charge in [0.1, 0.15) is 5.69 Å². The van der Waals surface area contributed by atoms with Crippen molar-refractivity contribution in [1.82, 2.24) is 10.2 Å². The first-order chi connectivity index (χ1) is 6.86. The van der Waals surface area contributed by atoms with Crippen LogP contribution in [0.2, 0.25) is 0 Å². The molecule has 14 heavy (non-hydrogen) atoms. The van der Waals surface area contributed by atoms with Crippen LogP contribution < -0.4 is 0 Å². The van der Waals surface area contributed by atoms with Gasteiger partial charge in [-0.25, -0.2) is 0 Å². The third kappa shape index (κ3) is 1.05. The average Bonchev–Trinajstić information content (AvgIpc) is 2.97. The molecule has 0 atom stereocenters. The molecular weight excluding hydrogens is 176 g/mol. The van der Waals surface area contributed by atoms with Gasteiger partial charge in [-0.15, -0.1) is 0 Å². The highest BCUT2D eigenvalue weighted by molar-refractivity contribution is 6.07. The van der Waals surface area contributed by atoms with Crippen molar-refractivity contribution in [3.05, 3.63) is 30.0 Å². The molecule has 1 fully saturated rings. The molecule has 3 nitrogen and oxygen atoms in total. The second-order valence-corrected chi connectivity index (χ2v) is 3.76. The van der Waals surface area contributed by atoms with Gasteiger partial charge in [0.2, 0.25) is 0 Å². The molecule has 1 aromatic heterocycles. The summed E-state index contributed by atoms with van der Waals surface area (Å²) in [5, 5.41) is 7.91.